The molecule has 1 aromatic carbocycles. The minimum absolute atomic E-state index is 0.522. The summed E-state index contributed by atoms with van der Waals surface area (Å²) in [4.78, 5) is 12.8. The van der Waals surface area contributed by atoms with Crippen molar-refractivity contribution in [2.45, 2.75) is 16.3 Å². The minimum Gasteiger partial charge on any atom is -0.383 e. The molecule has 6 heteroatoms. The molecule has 2 aromatic heterocycles. The summed E-state index contributed by atoms with van der Waals surface area (Å²) in [5.74, 6) is 0.522. The Bertz CT molecular complexity index is 675. The average Bonchev–Trinajstić information content (AvgIpc) is 2.77. The minimum atomic E-state index is 0.522. The van der Waals surface area contributed by atoms with Crippen LogP contribution < -0.4 is 5.73 Å². The molecule has 0 bridgehead atoms. The van der Waals surface area contributed by atoms with Gasteiger partial charge in [-0.25, -0.2) is 15.0 Å². The third-order valence-corrected chi connectivity index (χ3v) is 4.74. The van der Waals surface area contributed by atoms with Crippen molar-refractivity contribution in [1.29, 1.82) is 0 Å². The first-order valence-corrected chi connectivity index (χ1v) is 6.98. The van der Waals surface area contributed by atoms with Gasteiger partial charge >= 0.3 is 0 Å². The maximum Gasteiger partial charge on any atom is 0.157 e. The zero-order chi connectivity index (χ0) is 12.5. The van der Waals surface area contributed by atoms with Gasteiger partial charge in [-0.2, -0.15) is 0 Å². The zero-order valence-corrected chi connectivity index (χ0v) is 11.3. The number of rotatable bonds is 2. The number of thiazole rings is 1. The molecule has 18 heavy (non-hydrogen) atoms. The van der Waals surface area contributed by atoms with Gasteiger partial charge in [0.1, 0.15) is 17.2 Å². The maximum absolute atomic E-state index is 5.77. The third-order valence-electron chi connectivity index (χ3n) is 2.54. The standard InChI is InChI=1S/C12H10N4S2/c1-7-10(13)14-6-15-11(7)18-12-16-8-4-2-3-5-9(8)17-12/h2-6H,1H3,(H2,13,14,15). The molecule has 0 aliphatic carbocycles. The summed E-state index contributed by atoms with van der Waals surface area (Å²) in [6, 6.07) is 8.09. The molecule has 90 valence electrons. The highest BCUT2D eigenvalue weighted by Crippen LogP contribution is 2.35. The van der Waals surface area contributed by atoms with Crippen molar-refractivity contribution in [3.63, 3.8) is 0 Å². The van der Waals surface area contributed by atoms with Crippen LogP contribution in [0.25, 0.3) is 10.2 Å². The number of para-hydroxylation sites is 1. The van der Waals surface area contributed by atoms with Crippen LogP contribution in [-0.4, -0.2) is 15.0 Å². The van der Waals surface area contributed by atoms with Gasteiger partial charge in [0.25, 0.3) is 0 Å². The molecule has 0 saturated heterocycles. The number of nitrogen functional groups attached to an aromatic ring is 1. The monoisotopic (exact) mass is 274 g/mol. The summed E-state index contributed by atoms with van der Waals surface area (Å²) >= 11 is 3.19. The van der Waals surface area contributed by atoms with Crippen molar-refractivity contribution in [2.75, 3.05) is 5.73 Å². The van der Waals surface area contributed by atoms with E-state index in [4.69, 9.17) is 5.73 Å². The smallest absolute Gasteiger partial charge is 0.157 e. The van der Waals surface area contributed by atoms with Crippen LogP contribution in [0.2, 0.25) is 0 Å². The largest absolute Gasteiger partial charge is 0.383 e. The van der Waals surface area contributed by atoms with Crippen LogP contribution >= 0.6 is 23.1 Å². The molecule has 0 aliphatic rings. The first-order chi connectivity index (χ1) is 8.74. The molecule has 0 radical (unpaired) electrons. The summed E-state index contributed by atoms with van der Waals surface area (Å²) < 4.78 is 2.15. The molecule has 0 saturated carbocycles. The number of nitrogens with zero attached hydrogens (tertiary/aromatic N) is 3. The molecular weight excluding hydrogens is 264 g/mol. The van der Waals surface area contributed by atoms with Gasteiger partial charge in [-0.1, -0.05) is 12.1 Å². The molecule has 0 atom stereocenters. The summed E-state index contributed by atoms with van der Waals surface area (Å²) in [5, 5.41) is 0.863. The molecule has 2 heterocycles. The van der Waals surface area contributed by atoms with Gasteiger partial charge in [-0.15, -0.1) is 11.3 Å². The fourth-order valence-electron chi connectivity index (χ4n) is 1.53. The topological polar surface area (TPSA) is 64.7 Å². The van der Waals surface area contributed by atoms with Gasteiger partial charge in [0, 0.05) is 5.56 Å². The number of hydrogen-bond donors (Lipinski definition) is 1. The van der Waals surface area contributed by atoms with E-state index < -0.39 is 0 Å². The molecule has 3 aromatic rings. The van der Waals surface area contributed by atoms with Crippen LogP contribution in [0.1, 0.15) is 5.56 Å². The molecule has 0 aliphatic heterocycles. The Morgan fingerprint density at radius 3 is 2.89 bits per heavy atom. The number of hydrogen-bond acceptors (Lipinski definition) is 6. The van der Waals surface area contributed by atoms with Crippen molar-refractivity contribution in [1.82, 2.24) is 15.0 Å². The molecule has 3 rings (SSSR count). The van der Waals surface area contributed by atoms with Crippen molar-refractivity contribution in [3.05, 3.63) is 36.2 Å². The zero-order valence-electron chi connectivity index (χ0n) is 9.62. The van der Waals surface area contributed by atoms with Crippen molar-refractivity contribution in [2.24, 2.45) is 0 Å². The quantitative estimate of drug-likeness (QED) is 0.727. The molecule has 0 spiro atoms. The average molecular weight is 274 g/mol. The first-order valence-electron chi connectivity index (χ1n) is 5.34. The lowest BCUT2D eigenvalue weighted by Gasteiger charge is -2.02. The van der Waals surface area contributed by atoms with Crippen LogP contribution in [0, 0.1) is 6.92 Å². The van der Waals surface area contributed by atoms with Crippen LogP contribution in [0.4, 0.5) is 5.82 Å². The molecule has 0 fully saturated rings. The number of benzene rings is 1. The van der Waals surface area contributed by atoms with E-state index in [1.54, 1.807) is 11.3 Å². The molecule has 0 unspecified atom stereocenters. The second-order valence-corrected chi connectivity index (χ2v) is 6.01. The molecular formula is C12H10N4S2. The van der Waals surface area contributed by atoms with E-state index in [2.05, 4.69) is 21.0 Å². The van der Waals surface area contributed by atoms with E-state index in [0.717, 1.165) is 20.4 Å². The Morgan fingerprint density at radius 1 is 1.22 bits per heavy atom. The van der Waals surface area contributed by atoms with Gasteiger partial charge in [-0.3, -0.25) is 0 Å². The third kappa shape index (κ3) is 2.04. The molecule has 0 amide bonds. The molecule has 4 nitrogen and oxygen atoms in total. The van der Waals surface area contributed by atoms with Crippen molar-refractivity contribution < 1.29 is 0 Å². The summed E-state index contributed by atoms with van der Waals surface area (Å²) in [5.41, 5.74) is 7.69. The molecule has 2 N–H and O–H groups in total. The second kappa shape index (κ2) is 4.55. The normalized spacial score (nSPS) is 10.9. The van der Waals surface area contributed by atoms with Gasteiger partial charge in [-0.05, 0) is 30.8 Å². The summed E-state index contributed by atoms with van der Waals surface area (Å²) in [6.07, 6.45) is 1.48. The van der Waals surface area contributed by atoms with E-state index in [1.165, 1.54) is 22.8 Å². The Morgan fingerprint density at radius 2 is 2.06 bits per heavy atom. The van der Waals surface area contributed by atoms with Crippen LogP contribution in [0.5, 0.6) is 0 Å². The fraction of sp³-hybridized carbons (Fsp3) is 0.0833. The van der Waals surface area contributed by atoms with Gasteiger partial charge in [0.2, 0.25) is 0 Å². The van der Waals surface area contributed by atoms with Gasteiger partial charge < -0.3 is 5.73 Å². The van der Waals surface area contributed by atoms with Gasteiger partial charge in [0.05, 0.1) is 10.2 Å². The predicted molar refractivity (Wildman–Crippen MR) is 74.9 cm³/mol. The lowest BCUT2D eigenvalue weighted by atomic mass is 10.3. The number of fused-ring (bicyclic) bond motifs is 1. The lowest BCUT2D eigenvalue weighted by molar-refractivity contribution is 1.01. The van der Waals surface area contributed by atoms with E-state index in [9.17, 15) is 0 Å². The first kappa shape index (κ1) is 11.4. The van der Waals surface area contributed by atoms with E-state index in [-0.39, 0.29) is 0 Å². The Labute approximate surface area is 112 Å². The van der Waals surface area contributed by atoms with Crippen molar-refractivity contribution >= 4 is 39.1 Å². The predicted octanol–water partition coefficient (Wildman–Crippen LogP) is 3.13. The fourth-order valence-corrected chi connectivity index (χ4v) is 3.56. The highest BCUT2D eigenvalue weighted by Gasteiger charge is 2.10. The summed E-state index contributed by atoms with van der Waals surface area (Å²) in [6.45, 7) is 1.92. The SMILES string of the molecule is Cc1c(N)ncnc1Sc1nc2ccccc2s1. The van der Waals surface area contributed by atoms with Crippen LogP contribution in [-0.2, 0) is 0 Å². The number of anilines is 1. The Kier molecular flexibility index (Phi) is 2.89. The van der Waals surface area contributed by atoms with Crippen molar-refractivity contribution in [3.8, 4) is 0 Å². The maximum atomic E-state index is 5.77. The number of nitrogens with two attached hydrogens (primary N) is 1. The highest BCUT2D eigenvalue weighted by atomic mass is 32.2. The second-order valence-electron chi connectivity index (χ2n) is 3.74. The number of aromatic nitrogens is 3. The van der Waals surface area contributed by atoms with Crippen LogP contribution in [0.3, 0.4) is 0 Å². The van der Waals surface area contributed by atoms with Crippen LogP contribution in [0.15, 0.2) is 40.0 Å². The Balaban J connectivity index is 1.99. The Hall–Kier alpha value is -1.66. The van der Waals surface area contributed by atoms with E-state index >= 15 is 0 Å². The highest BCUT2D eigenvalue weighted by molar-refractivity contribution is 8.01. The van der Waals surface area contributed by atoms with E-state index in [1.807, 2.05) is 25.1 Å². The van der Waals surface area contributed by atoms with Gasteiger partial charge in [0.15, 0.2) is 4.34 Å². The summed E-state index contributed by atoms with van der Waals surface area (Å²) in [7, 11) is 0. The van der Waals surface area contributed by atoms with E-state index in [0.29, 0.717) is 5.82 Å². The lowest BCUT2D eigenvalue weighted by Crippen LogP contribution is -1.97.